The fourth-order valence-corrected chi connectivity index (χ4v) is 3.63. The van der Waals surface area contributed by atoms with Gasteiger partial charge in [0, 0.05) is 23.6 Å². The average molecular weight is 336 g/mol. The van der Waals surface area contributed by atoms with Gasteiger partial charge in [-0.25, -0.2) is 4.52 Å². The molecular weight excluding hydrogens is 316 g/mol. The Balaban J connectivity index is 1.49. The van der Waals surface area contributed by atoms with E-state index >= 15 is 0 Å². The number of carbonyl (C=O) groups is 1. The van der Waals surface area contributed by atoms with Gasteiger partial charge in [-0.2, -0.15) is 4.98 Å². The zero-order chi connectivity index (χ0) is 17.0. The van der Waals surface area contributed by atoms with E-state index in [1.807, 2.05) is 19.2 Å². The molecule has 2 heterocycles. The number of fused-ring (bicyclic) bond motifs is 2. The number of amides is 1. The van der Waals surface area contributed by atoms with Gasteiger partial charge in [-0.05, 0) is 55.9 Å². The summed E-state index contributed by atoms with van der Waals surface area (Å²) in [6, 6.07) is 4.06. The Labute approximate surface area is 145 Å². The predicted octanol–water partition coefficient (Wildman–Crippen LogP) is 3.03. The summed E-state index contributed by atoms with van der Waals surface area (Å²) < 4.78 is 7.47. The maximum atomic E-state index is 12.0. The molecule has 0 spiro atoms. The monoisotopic (exact) mass is 336 g/mol. The van der Waals surface area contributed by atoms with Gasteiger partial charge in [-0.3, -0.25) is 10.1 Å². The lowest BCUT2D eigenvalue weighted by atomic mass is 9.97. The van der Waals surface area contributed by atoms with Gasteiger partial charge < -0.3 is 4.74 Å². The minimum absolute atomic E-state index is 0.0286. The van der Waals surface area contributed by atoms with Gasteiger partial charge in [0.1, 0.15) is 0 Å². The second-order valence-corrected chi connectivity index (χ2v) is 6.96. The number of rotatable bonds is 5. The van der Waals surface area contributed by atoms with Crippen LogP contribution in [-0.4, -0.2) is 27.1 Å². The van der Waals surface area contributed by atoms with Crippen LogP contribution >= 0.6 is 0 Å². The van der Waals surface area contributed by atoms with Crippen molar-refractivity contribution in [3.05, 3.63) is 41.8 Å². The Morgan fingerprint density at radius 3 is 3.04 bits per heavy atom. The molecule has 0 aliphatic heterocycles. The van der Waals surface area contributed by atoms with Gasteiger partial charge >= 0.3 is 0 Å². The molecule has 2 unspecified atom stereocenters. The molecule has 5 rings (SSSR count). The molecule has 2 aromatic rings. The van der Waals surface area contributed by atoms with Gasteiger partial charge in [0.25, 0.3) is 0 Å². The Morgan fingerprint density at radius 1 is 1.36 bits per heavy atom. The molecule has 1 N–H and O–H groups in total. The van der Waals surface area contributed by atoms with Crippen LogP contribution in [0.4, 0.5) is 5.95 Å². The fourth-order valence-electron chi connectivity index (χ4n) is 3.63. The number of allylic oxidation sites excluding steroid dienone is 4. The van der Waals surface area contributed by atoms with Crippen LogP contribution in [0.5, 0.6) is 0 Å². The first-order chi connectivity index (χ1) is 12.2. The van der Waals surface area contributed by atoms with Crippen LogP contribution in [0.2, 0.25) is 0 Å². The predicted molar refractivity (Wildman–Crippen MR) is 93.6 cm³/mol. The molecule has 6 nitrogen and oxygen atoms in total. The van der Waals surface area contributed by atoms with E-state index in [2.05, 4.69) is 33.6 Å². The molecule has 128 valence electrons. The van der Waals surface area contributed by atoms with E-state index in [1.165, 1.54) is 5.57 Å². The highest BCUT2D eigenvalue weighted by atomic mass is 16.5. The Morgan fingerprint density at radius 2 is 2.24 bits per heavy atom. The Kier molecular flexibility index (Phi) is 3.20. The number of hydrogen-bond acceptors (Lipinski definition) is 4. The van der Waals surface area contributed by atoms with Crippen molar-refractivity contribution < 1.29 is 9.53 Å². The number of nitrogens with zero attached hydrogens (tertiary/aromatic N) is 3. The molecule has 2 aromatic heterocycles. The molecule has 2 saturated carbocycles. The molecule has 0 bridgehead atoms. The summed E-state index contributed by atoms with van der Waals surface area (Å²) in [6.45, 7) is 2.73. The van der Waals surface area contributed by atoms with E-state index < -0.39 is 0 Å². The molecule has 25 heavy (non-hydrogen) atoms. The summed E-state index contributed by atoms with van der Waals surface area (Å²) >= 11 is 0. The maximum Gasteiger partial charge on any atom is 0.249 e. The average Bonchev–Trinajstić information content (AvgIpc) is 3.50. The highest BCUT2D eigenvalue weighted by molar-refractivity contribution is 5.93. The van der Waals surface area contributed by atoms with Crippen molar-refractivity contribution in [2.24, 2.45) is 17.8 Å². The summed E-state index contributed by atoms with van der Waals surface area (Å²) in [4.78, 5) is 16.5. The number of nitrogens with one attached hydrogen (secondary N) is 1. The number of ether oxygens (including phenoxy) is 1. The highest BCUT2D eigenvalue weighted by Gasteiger charge is 2.46. The minimum atomic E-state index is 0.0286. The quantitative estimate of drug-likeness (QED) is 0.911. The maximum absolute atomic E-state index is 12.0. The smallest absolute Gasteiger partial charge is 0.249 e. The van der Waals surface area contributed by atoms with Crippen molar-refractivity contribution in [1.29, 1.82) is 0 Å². The van der Waals surface area contributed by atoms with Crippen molar-refractivity contribution in [2.75, 3.05) is 11.9 Å². The molecule has 1 amide bonds. The van der Waals surface area contributed by atoms with E-state index in [1.54, 1.807) is 4.52 Å². The van der Waals surface area contributed by atoms with Crippen LogP contribution in [0.15, 0.2) is 36.2 Å². The lowest BCUT2D eigenvalue weighted by molar-refractivity contribution is -0.117. The molecular formula is C19H20N4O2. The van der Waals surface area contributed by atoms with E-state index in [4.69, 9.17) is 4.74 Å². The van der Waals surface area contributed by atoms with Gasteiger partial charge in [-0.1, -0.05) is 6.08 Å². The Hall–Kier alpha value is -2.63. The van der Waals surface area contributed by atoms with Crippen molar-refractivity contribution in [3.8, 4) is 0 Å². The van der Waals surface area contributed by atoms with Gasteiger partial charge in [0.05, 0.1) is 12.4 Å². The summed E-state index contributed by atoms with van der Waals surface area (Å²) in [6.07, 6.45) is 9.16. The van der Waals surface area contributed by atoms with Crippen molar-refractivity contribution >= 4 is 23.1 Å². The van der Waals surface area contributed by atoms with Crippen LogP contribution in [-0.2, 0) is 9.53 Å². The number of aromatic nitrogens is 3. The van der Waals surface area contributed by atoms with E-state index in [0.717, 1.165) is 36.2 Å². The number of hydrogen-bond donors (Lipinski definition) is 1. The molecule has 3 aliphatic rings. The van der Waals surface area contributed by atoms with E-state index in [-0.39, 0.29) is 11.8 Å². The second kappa shape index (κ2) is 5.44. The summed E-state index contributed by atoms with van der Waals surface area (Å²) in [7, 11) is 0. The lowest BCUT2D eigenvalue weighted by Gasteiger charge is -2.14. The molecule has 0 radical (unpaired) electrons. The third-order valence-electron chi connectivity index (χ3n) is 5.15. The zero-order valence-corrected chi connectivity index (χ0v) is 14.1. The van der Waals surface area contributed by atoms with Crippen LogP contribution in [0.1, 0.15) is 31.7 Å². The van der Waals surface area contributed by atoms with Crippen LogP contribution in [0, 0.1) is 17.8 Å². The third-order valence-corrected chi connectivity index (χ3v) is 5.15. The first kappa shape index (κ1) is 14.7. The molecule has 6 heteroatoms. The van der Waals surface area contributed by atoms with Crippen molar-refractivity contribution in [2.45, 2.75) is 26.2 Å². The summed E-state index contributed by atoms with van der Waals surface area (Å²) in [5.74, 6) is 2.65. The number of carbonyl (C=O) groups excluding carboxylic acids is 1. The van der Waals surface area contributed by atoms with Gasteiger partial charge in [-0.15, -0.1) is 5.10 Å². The van der Waals surface area contributed by atoms with Crippen LogP contribution in [0.25, 0.3) is 11.2 Å². The van der Waals surface area contributed by atoms with Crippen molar-refractivity contribution in [1.82, 2.24) is 14.6 Å². The first-order valence-corrected chi connectivity index (χ1v) is 8.96. The second-order valence-electron chi connectivity index (χ2n) is 6.96. The molecule has 0 aromatic carbocycles. The molecule has 3 aliphatic carbocycles. The lowest BCUT2D eigenvalue weighted by Crippen LogP contribution is -2.14. The third kappa shape index (κ3) is 2.52. The van der Waals surface area contributed by atoms with E-state index in [0.29, 0.717) is 24.4 Å². The topological polar surface area (TPSA) is 68.5 Å². The molecule has 0 saturated heterocycles. The van der Waals surface area contributed by atoms with Gasteiger partial charge in [0.2, 0.25) is 11.9 Å². The van der Waals surface area contributed by atoms with Crippen LogP contribution in [0.3, 0.4) is 0 Å². The summed E-state index contributed by atoms with van der Waals surface area (Å²) in [5.41, 5.74) is 3.16. The normalized spacial score (nSPS) is 24.4. The number of anilines is 1. The first-order valence-electron chi connectivity index (χ1n) is 8.96. The highest BCUT2D eigenvalue weighted by Crippen LogP contribution is 2.55. The zero-order valence-electron chi connectivity index (χ0n) is 14.1. The largest absolute Gasteiger partial charge is 0.498 e. The molecule has 2 fully saturated rings. The van der Waals surface area contributed by atoms with Crippen molar-refractivity contribution in [3.63, 3.8) is 0 Å². The molecule has 2 atom stereocenters. The standard InChI is InChI=1S/C19H20N4O2/c1-2-25-16-8-7-12(14-10-15(14)16)13-4-3-9-23-17(13)20-19(22-23)21-18(24)11-5-6-11/h3-4,7-9,11,14-15H,2,5-6,10H2,1H3,(H,21,22,24). The number of pyridine rings is 1. The fraction of sp³-hybridized carbons (Fsp3) is 0.421. The summed E-state index contributed by atoms with van der Waals surface area (Å²) in [5, 5.41) is 7.24. The van der Waals surface area contributed by atoms with Gasteiger partial charge in [0.15, 0.2) is 5.65 Å². The Bertz CT molecular complexity index is 923. The SMILES string of the molecule is CCOC1=CC=C(c2cccn3nc(NC(=O)C4CC4)nc23)C2CC12. The van der Waals surface area contributed by atoms with E-state index in [9.17, 15) is 4.79 Å². The van der Waals surface area contributed by atoms with Crippen LogP contribution < -0.4 is 5.32 Å². The minimum Gasteiger partial charge on any atom is -0.498 e.